The van der Waals surface area contributed by atoms with Gasteiger partial charge in [-0.25, -0.2) is 0 Å². The summed E-state index contributed by atoms with van der Waals surface area (Å²) >= 11 is 4.76. The maximum atomic E-state index is 11.0. The van der Waals surface area contributed by atoms with Crippen molar-refractivity contribution in [2.75, 3.05) is 0 Å². The molecule has 13 heavy (non-hydrogen) atoms. The van der Waals surface area contributed by atoms with Crippen LogP contribution < -0.4 is 5.73 Å². The topological polar surface area (TPSA) is 43.1 Å². The molecule has 0 saturated heterocycles. The standard InChI is InChI=1S/C9H12BrNOS/c1-5(2)3-6-4-7(10)13-8(6)9(11)12/h4-5H,3H2,1-2H3,(H2,11,12). The summed E-state index contributed by atoms with van der Waals surface area (Å²) in [6.45, 7) is 4.24. The molecular weight excluding hydrogens is 250 g/mol. The van der Waals surface area contributed by atoms with E-state index in [1.165, 1.54) is 11.3 Å². The van der Waals surface area contributed by atoms with Crippen molar-refractivity contribution in [3.8, 4) is 0 Å². The number of rotatable bonds is 3. The van der Waals surface area contributed by atoms with Gasteiger partial charge in [0.05, 0.1) is 8.66 Å². The van der Waals surface area contributed by atoms with Gasteiger partial charge in [0.1, 0.15) is 0 Å². The van der Waals surface area contributed by atoms with Gasteiger partial charge in [0.15, 0.2) is 0 Å². The van der Waals surface area contributed by atoms with Crippen LogP contribution in [0.5, 0.6) is 0 Å². The molecule has 1 aromatic rings. The van der Waals surface area contributed by atoms with Crippen molar-refractivity contribution < 1.29 is 4.79 Å². The molecule has 2 nitrogen and oxygen atoms in total. The quantitative estimate of drug-likeness (QED) is 0.894. The minimum atomic E-state index is -0.327. The smallest absolute Gasteiger partial charge is 0.259 e. The molecule has 0 aromatic carbocycles. The van der Waals surface area contributed by atoms with Crippen LogP contribution in [-0.2, 0) is 6.42 Å². The fourth-order valence-corrected chi connectivity index (χ4v) is 2.73. The monoisotopic (exact) mass is 261 g/mol. The first kappa shape index (κ1) is 10.7. The van der Waals surface area contributed by atoms with E-state index in [2.05, 4.69) is 29.8 Å². The lowest BCUT2D eigenvalue weighted by molar-refractivity contribution is 0.100. The molecule has 1 rings (SSSR count). The van der Waals surface area contributed by atoms with Crippen molar-refractivity contribution in [2.24, 2.45) is 11.7 Å². The Morgan fingerprint density at radius 1 is 1.69 bits per heavy atom. The molecule has 0 spiro atoms. The van der Waals surface area contributed by atoms with Crippen LogP contribution in [0.4, 0.5) is 0 Å². The third-order valence-electron chi connectivity index (χ3n) is 1.63. The zero-order chi connectivity index (χ0) is 10.0. The Morgan fingerprint density at radius 3 is 2.77 bits per heavy atom. The van der Waals surface area contributed by atoms with Gasteiger partial charge in [-0.2, -0.15) is 0 Å². The molecule has 0 radical (unpaired) electrons. The lowest BCUT2D eigenvalue weighted by atomic mass is 10.0. The number of thiophene rings is 1. The Hall–Kier alpha value is -0.350. The predicted octanol–water partition coefficient (Wildman–Crippen LogP) is 2.81. The molecule has 0 aliphatic rings. The fourth-order valence-electron chi connectivity index (χ4n) is 1.20. The van der Waals surface area contributed by atoms with Gasteiger partial charge in [0.2, 0.25) is 0 Å². The summed E-state index contributed by atoms with van der Waals surface area (Å²) in [5.74, 6) is 0.214. The van der Waals surface area contributed by atoms with E-state index < -0.39 is 0 Å². The SMILES string of the molecule is CC(C)Cc1cc(Br)sc1C(N)=O. The molecule has 0 fully saturated rings. The third kappa shape index (κ3) is 2.81. The van der Waals surface area contributed by atoms with Crippen molar-refractivity contribution in [1.82, 2.24) is 0 Å². The number of hydrogen-bond acceptors (Lipinski definition) is 2. The van der Waals surface area contributed by atoms with Crippen molar-refractivity contribution in [3.63, 3.8) is 0 Å². The fraction of sp³-hybridized carbons (Fsp3) is 0.444. The minimum absolute atomic E-state index is 0.327. The van der Waals surface area contributed by atoms with E-state index in [1.54, 1.807) is 0 Å². The van der Waals surface area contributed by atoms with Gasteiger partial charge >= 0.3 is 0 Å². The number of amides is 1. The van der Waals surface area contributed by atoms with E-state index in [4.69, 9.17) is 5.73 Å². The molecule has 1 aromatic heterocycles. The van der Waals surface area contributed by atoms with Crippen LogP contribution in [0.2, 0.25) is 0 Å². The summed E-state index contributed by atoms with van der Waals surface area (Å²) in [4.78, 5) is 11.7. The zero-order valence-electron chi connectivity index (χ0n) is 7.63. The zero-order valence-corrected chi connectivity index (χ0v) is 10.0. The number of hydrogen-bond donors (Lipinski definition) is 1. The van der Waals surface area contributed by atoms with Gasteiger partial charge in [-0.15, -0.1) is 11.3 Å². The summed E-state index contributed by atoms with van der Waals surface area (Å²) in [6, 6.07) is 1.98. The summed E-state index contributed by atoms with van der Waals surface area (Å²) in [5, 5.41) is 0. The van der Waals surface area contributed by atoms with Crippen LogP contribution in [-0.4, -0.2) is 5.91 Å². The lowest BCUT2D eigenvalue weighted by Crippen LogP contribution is -2.11. The molecule has 0 aliphatic carbocycles. The molecule has 72 valence electrons. The van der Waals surface area contributed by atoms with E-state index in [0.29, 0.717) is 10.8 Å². The molecule has 0 bridgehead atoms. The number of primary amides is 1. The summed E-state index contributed by atoms with van der Waals surface area (Å²) in [5.41, 5.74) is 6.31. The average molecular weight is 262 g/mol. The maximum Gasteiger partial charge on any atom is 0.259 e. The van der Waals surface area contributed by atoms with Crippen LogP contribution in [0.25, 0.3) is 0 Å². The van der Waals surface area contributed by atoms with E-state index in [-0.39, 0.29) is 5.91 Å². The van der Waals surface area contributed by atoms with Gasteiger partial charge in [-0.05, 0) is 39.9 Å². The van der Waals surface area contributed by atoms with Crippen molar-refractivity contribution >= 4 is 33.2 Å². The van der Waals surface area contributed by atoms with Crippen LogP contribution in [0.1, 0.15) is 29.1 Å². The molecule has 1 amide bonds. The second-order valence-electron chi connectivity index (χ2n) is 3.37. The number of halogens is 1. The minimum Gasteiger partial charge on any atom is -0.365 e. The summed E-state index contributed by atoms with van der Waals surface area (Å²) in [7, 11) is 0. The van der Waals surface area contributed by atoms with Gasteiger partial charge in [-0.1, -0.05) is 13.8 Å². The Morgan fingerprint density at radius 2 is 2.31 bits per heavy atom. The Balaban J connectivity index is 2.97. The maximum absolute atomic E-state index is 11.0. The van der Waals surface area contributed by atoms with E-state index in [9.17, 15) is 4.79 Å². The lowest BCUT2D eigenvalue weighted by Gasteiger charge is -2.03. The second kappa shape index (κ2) is 4.24. The van der Waals surface area contributed by atoms with Gasteiger partial charge < -0.3 is 5.73 Å². The number of carbonyl (C=O) groups excluding carboxylic acids is 1. The highest BCUT2D eigenvalue weighted by molar-refractivity contribution is 9.11. The first-order chi connectivity index (χ1) is 6.00. The van der Waals surface area contributed by atoms with Crippen molar-refractivity contribution in [3.05, 3.63) is 20.3 Å². The number of carbonyl (C=O) groups is 1. The highest BCUT2D eigenvalue weighted by Crippen LogP contribution is 2.28. The Kier molecular flexibility index (Phi) is 3.50. The normalized spacial score (nSPS) is 10.8. The van der Waals surface area contributed by atoms with E-state index in [0.717, 1.165) is 15.8 Å². The molecule has 0 atom stereocenters. The van der Waals surface area contributed by atoms with E-state index >= 15 is 0 Å². The van der Waals surface area contributed by atoms with Crippen LogP contribution in [0, 0.1) is 5.92 Å². The molecule has 4 heteroatoms. The molecule has 1 heterocycles. The summed E-state index contributed by atoms with van der Waals surface area (Å²) < 4.78 is 0.969. The Bertz CT molecular complexity index is 319. The molecule has 0 unspecified atom stereocenters. The number of nitrogens with two attached hydrogens (primary N) is 1. The second-order valence-corrected chi connectivity index (χ2v) is 5.80. The van der Waals surface area contributed by atoms with Crippen molar-refractivity contribution in [1.29, 1.82) is 0 Å². The van der Waals surface area contributed by atoms with Crippen LogP contribution in [0.15, 0.2) is 9.85 Å². The van der Waals surface area contributed by atoms with Gasteiger partial charge in [-0.3, -0.25) is 4.79 Å². The van der Waals surface area contributed by atoms with E-state index in [1.807, 2.05) is 6.07 Å². The highest BCUT2D eigenvalue weighted by atomic mass is 79.9. The summed E-state index contributed by atoms with van der Waals surface area (Å²) in [6.07, 6.45) is 0.903. The first-order valence-corrected chi connectivity index (χ1v) is 5.69. The van der Waals surface area contributed by atoms with Crippen LogP contribution >= 0.6 is 27.3 Å². The average Bonchev–Trinajstić information content (AvgIpc) is 2.29. The molecule has 0 aliphatic heterocycles. The highest BCUT2D eigenvalue weighted by Gasteiger charge is 2.13. The van der Waals surface area contributed by atoms with Gasteiger partial charge in [0, 0.05) is 0 Å². The molecule has 2 N–H and O–H groups in total. The predicted molar refractivity (Wildman–Crippen MR) is 59.1 cm³/mol. The van der Waals surface area contributed by atoms with Crippen molar-refractivity contribution in [2.45, 2.75) is 20.3 Å². The molecular formula is C9H12BrNOS. The first-order valence-electron chi connectivity index (χ1n) is 4.08. The third-order valence-corrected chi connectivity index (χ3v) is 3.33. The van der Waals surface area contributed by atoms with Gasteiger partial charge in [0.25, 0.3) is 5.91 Å². The Labute approximate surface area is 90.3 Å². The molecule has 0 saturated carbocycles. The van der Waals surface area contributed by atoms with Crippen LogP contribution in [0.3, 0.4) is 0 Å². The largest absolute Gasteiger partial charge is 0.365 e.